The van der Waals surface area contributed by atoms with Gasteiger partial charge in [-0.25, -0.2) is 0 Å². The fourth-order valence-electron chi connectivity index (χ4n) is 1.50. The quantitative estimate of drug-likeness (QED) is 0.379. The third-order valence-electron chi connectivity index (χ3n) is 2.76. The highest BCUT2D eigenvalue weighted by Crippen LogP contribution is 2.15. The van der Waals surface area contributed by atoms with Gasteiger partial charge in [0.05, 0.1) is 11.5 Å². The van der Waals surface area contributed by atoms with Crippen LogP contribution in [0.1, 0.15) is 20.3 Å². The van der Waals surface area contributed by atoms with Crippen molar-refractivity contribution in [2.24, 2.45) is 0 Å². The fourth-order valence-corrected chi connectivity index (χ4v) is 1.50. The molecule has 1 aromatic rings. The van der Waals surface area contributed by atoms with Crippen LogP contribution in [0.4, 0.5) is 11.4 Å². The summed E-state index contributed by atoms with van der Waals surface area (Å²) in [6, 6.07) is 6.36. The highest BCUT2D eigenvalue weighted by molar-refractivity contribution is 5.48. The predicted octanol–water partition coefficient (Wildman–Crippen LogP) is 1.76. The lowest BCUT2D eigenvalue weighted by atomic mass is 10.1. The van der Waals surface area contributed by atoms with Gasteiger partial charge in [-0.2, -0.15) is 0 Å². The number of nitro groups is 1. The van der Waals surface area contributed by atoms with Crippen molar-refractivity contribution in [3.63, 3.8) is 0 Å². The molecule has 19 heavy (non-hydrogen) atoms. The predicted molar refractivity (Wildman–Crippen MR) is 75.4 cm³/mol. The van der Waals surface area contributed by atoms with Crippen LogP contribution in [0, 0.1) is 10.1 Å². The van der Waals surface area contributed by atoms with E-state index in [9.17, 15) is 10.1 Å². The van der Waals surface area contributed by atoms with Gasteiger partial charge in [-0.15, -0.1) is 0 Å². The lowest BCUT2D eigenvalue weighted by Crippen LogP contribution is -2.43. The summed E-state index contributed by atoms with van der Waals surface area (Å²) in [5.41, 5.74) is 0.705. The maximum atomic E-state index is 10.5. The Morgan fingerprint density at radius 2 is 1.89 bits per heavy atom. The van der Waals surface area contributed by atoms with E-state index in [0.717, 1.165) is 25.2 Å². The maximum Gasteiger partial charge on any atom is 0.269 e. The first-order valence-electron chi connectivity index (χ1n) is 6.29. The SMILES string of the molecule is CC(C)(CO)NCCCNc1ccc([N+](=O)[O-])cc1. The molecule has 0 aliphatic rings. The number of nitrogens with zero attached hydrogens (tertiary/aromatic N) is 1. The second kappa shape index (κ2) is 7.06. The lowest BCUT2D eigenvalue weighted by Gasteiger charge is -2.23. The average molecular weight is 267 g/mol. The molecule has 6 heteroatoms. The summed E-state index contributed by atoms with van der Waals surface area (Å²) in [4.78, 5) is 10.1. The average Bonchev–Trinajstić information content (AvgIpc) is 2.39. The van der Waals surface area contributed by atoms with E-state index >= 15 is 0 Å². The van der Waals surface area contributed by atoms with Crippen LogP contribution in [0.25, 0.3) is 0 Å². The Labute approximate surface area is 113 Å². The van der Waals surface area contributed by atoms with E-state index in [1.807, 2.05) is 13.8 Å². The number of non-ortho nitro benzene ring substituents is 1. The van der Waals surface area contributed by atoms with E-state index in [1.165, 1.54) is 12.1 Å². The number of hydrogen-bond donors (Lipinski definition) is 3. The largest absolute Gasteiger partial charge is 0.394 e. The van der Waals surface area contributed by atoms with Crippen LogP contribution in [-0.2, 0) is 0 Å². The van der Waals surface area contributed by atoms with Gasteiger partial charge in [-0.3, -0.25) is 10.1 Å². The Hall–Kier alpha value is -1.66. The van der Waals surface area contributed by atoms with Crippen molar-refractivity contribution in [3.05, 3.63) is 34.4 Å². The van der Waals surface area contributed by atoms with Crippen molar-refractivity contribution in [1.82, 2.24) is 5.32 Å². The van der Waals surface area contributed by atoms with Gasteiger partial charge in [-0.1, -0.05) is 0 Å². The number of nitrogens with one attached hydrogen (secondary N) is 2. The number of rotatable bonds is 8. The van der Waals surface area contributed by atoms with Gasteiger partial charge in [0.25, 0.3) is 5.69 Å². The molecule has 0 atom stereocenters. The molecule has 0 saturated carbocycles. The molecule has 0 bridgehead atoms. The van der Waals surface area contributed by atoms with E-state index in [4.69, 9.17) is 5.11 Å². The Balaban J connectivity index is 2.24. The number of nitro benzene ring substituents is 1. The molecule has 0 aromatic heterocycles. The van der Waals surface area contributed by atoms with Crippen LogP contribution in [0.15, 0.2) is 24.3 Å². The van der Waals surface area contributed by atoms with E-state index in [1.54, 1.807) is 12.1 Å². The summed E-state index contributed by atoms with van der Waals surface area (Å²) >= 11 is 0. The summed E-state index contributed by atoms with van der Waals surface area (Å²) < 4.78 is 0. The van der Waals surface area contributed by atoms with Crippen molar-refractivity contribution in [2.75, 3.05) is 25.0 Å². The van der Waals surface area contributed by atoms with Crippen LogP contribution in [0.5, 0.6) is 0 Å². The molecule has 6 nitrogen and oxygen atoms in total. The van der Waals surface area contributed by atoms with Gasteiger partial charge in [-0.05, 0) is 38.9 Å². The monoisotopic (exact) mass is 267 g/mol. The third kappa shape index (κ3) is 5.67. The van der Waals surface area contributed by atoms with Gasteiger partial charge in [0.2, 0.25) is 0 Å². The van der Waals surface area contributed by atoms with E-state index in [2.05, 4.69) is 10.6 Å². The van der Waals surface area contributed by atoms with Crippen LogP contribution in [0.2, 0.25) is 0 Å². The van der Waals surface area contributed by atoms with Gasteiger partial charge in [0.15, 0.2) is 0 Å². The number of hydrogen-bond acceptors (Lipinski definition) is 5. The molecule has 1 aromatic carbocycles. The van der Waals surface area contributed by atoms with Crippen LogP contribution in [0.3, 0.4) is 0 Å². The van der Waals surface area contributed by atoms with Crippen molar-refractivity contribution in [1.29, 1.82) is 0 Å². The Kier molecular flexibility index (Phi) is 5.72. The van der Waals surface area contributed by atoms with E-state index in [0.29, 0.717) is 0 Å². The normalized spacial score (nSPS) is 11.3. The zero-order valence-corrected chi connectivity index (χ0v) is 11.3. The van der Waals surface area contributed by atoms with Gasteiger partial charge in [0, 0.05) is 29.9 Å². The third-order valence-corrected chi connectivity index (χ3v) is 2.76. The maximum absolute atomic E-state index is 10.5. The summed E-state index contributed by atoms with van der Waals surface area (Å²) in [6.07, 6.45) is 0.903. The molecule has 106 valence electrons. The zero-order valence-electron chi connectivity index (χ0n) is 11.3. The molecular weight excluding hydrogens is 246 g/mol. The van der Waals surface area contributed by atoms with E-state index < -0.39 is 4.92 Å². The molecule has 0 unspecified atom stereocenters. The molecule has 0 aliphatic carbocycles. The number of aliphatic hydroxyl groups is 1. The molecular formula is C13H21N3O3. The van der Waals surface area contributed by atoms with Crippen molar-refractivity contribution in [2.45, 2.75) is 25.8 Å². The summed E-state index contributed by atoms with van der Waals surface area (Å²) in [7, 11) is 0. The van der Waals surface area contributed by atoms with Crippen molar-refractivity contribution in [3.8, 4) is 0 Å². The van der Waals surface area contributed by atoms with Crippen LogP contribution >= 0.6 is 0 Å². The molecule has 1 rings (SSSR count). The van der Waals surface area contributed by atoms with Crippen LogP contribution < -0.4 is 10.6 Å². The minimum absolute atomic E-state index is 0.0944. The minimum atomic E-state index is -0.412. The fraction of sp³-hybridized carbons (Fsp3) is 0.538. The summed E-state index contributed by atoms with van der Waals surface area (Å²) in [5, 5.41) is 26.0. The molecule has 0 saturated heterocycles. The Bertz CT molecular complexity index is 404. The smallest absolute Gasteiger partial charge is 0.269 e. The van der Waals surface area contributed by atoms with E-state index in [-0.39, 0.29) is 17.8 Å². The minimum Gasteiger partial charge on any atom is -0.394 e. The topological polar surface area (TPSA) is 87.4 Å². The molecule has 0 fully saturated rings. The first kappa shape index (κ1) is 15.4. The second-order valence-electron chi connectivity index (χ2n) is 5.05. The standard InChI is InChI=1S/C13H21N3O3/c1-13(2,10-17)15-9-3-8-14-11-4-6-12(7-5-11)16(18)19/h4-7,14-15,17H,3,8-10H2,1-2H3. The van der Waals surface area contributed by atoms with Gasteiger partial charge >= 0.3 is 0 Å². The second-order valence-corrected chi connectivity index (χ2v) is 5.05. The zero-order chi connectivity index (χ0) is 14.3. The summed E-state index contributed by atoms with van der Waals surface area (Å²) in [6.45, 7) is 5.55. The molecule has 0 spiro atoms. The molecule has 0 amide bonds. The Morgan fingerprint density at radius 1 is 1.26 bits per heavy atom. The number of aliphatic hydroxyl groups excluding tert-OH is 1. The molecule has 0 radical (unpaired) electrons. The van der Waals surface area contributed by atoms with Gasteiger partial charge < -0.3 is 15.7 Å². The number of benzene rings is 1. The molecule has 0 heterocycles. The van der Waals surface area contributed by atoms with Crippen LogP contribution in [-0.4, -0.2) is 35.3 Å². The van der Waals surface area contributed by atoms with Gasteiger partial charge in [0.1, 0.15) is 0 Å². The lowest BCUT2D eigenvalue weighted by molar-refractivity contribution is -0.384. The van der Waals surface area contributed by atoms with Crippen molar-refractivity contribution < 1.29 is 10.0 Å². The summed E-state index contributed by atoms with van der Waals surface area (Å²) in [5.74, 6) is 0. The first-order chi connectivity index (χ1) is 8.94. The highest BCUT2D eigenvalue weighted by atomic mass is 16.6. The first-order valence-corrected chi connectivity index (χ1v) is 6.29. The highest BCUT2D eigenvalue weighted by Gasteiger charge is 2.13. The molecule has 0 aliphatic heterocycles. The Morgan fingerprint density at radius 3 is 2.42 bits per heavy atom. The van der Waals surface area contributed by atoms with Crippen molar-refractivity contribution >= 4 is 11.4 Å². The molecule has 3 N–H and O–H groups in total. The number of anilines is 1.